The Morgan fingerprint density at radius 1 is 1.36 bits per heavy atom. The fourth-order valence-corrected chi connectivity index (χ4v) is 3.79. The number of amides is 1. The van der Waals surface area contributed by atoms with Crippen LogP contribution in [-0.4, -0.2) is 55.8 Å². The van der Waals surface area contributed by atoms with Crippen molar-refractivity contribution in [2.75, 3.05) is 5.75 Å². The van der Waals surface area contributed by atoms with Gasteiger partial charge in [0.2, 0.25) is 11.7 Å². The molecule has 1 aromatic heterocycles. The fraction of sp³-hybridized carbons (Fsp3) is 0.368. The van der Waals surface area contributed by atoms with Gasteiger partial charge in [-0.05, 0) is 30.2 Å². The number of nitrogens with one attached hydrogen (secondary N) is 2. The van der Waals surface area contributed by atoms with Gasteiger partial charge in [0, 0.05) is 23.5 Å². The van der Waals surface area contributed by atoms with Crippen molar-refractivity contribution in [1.29, 1.82) is 0 Å². The first-order valence-electron chi connectivity index (χ1n) is 8.86. The number of benzene rings is 1. The molecule has 0 saturated heterocycles. The van der Waals surface area contributed by atoms with E-state index in [1.165, 1.54) is 11.8 Å². The van der Waals surface area contributed by atoms with Crippen LogP contribution < -0.4 is 5.32 Å². The Morgan fingerprint density at radius 2 is 2.11 bits per heavy atom. The highest BCUT2D eigenvalue weighted by Gasteiger charge is 2.26. The summed E-state index contributed by atoms with van der Waals surface area (Å²) in [5, 5.41) is 12.5. The van der Waals surface area contributed by atoms with Crippen molar-refractivity contribution >= 4 is 46.5 Å². The Hall–Kier alpha value is -2.90. The Morgan fingerprint density at radius 3 is 2.79 bits per heavy atom. The number of nitrogens with zero attached hydrogens (tertiary/aromatic N) is 2. The molecule has 2 aromatic rings. The van der Waals surface area contributed by atoms with Crippen LogP contribution in [0, 0.1) is 0 Å². The SMILES string of the molecule is CCS[C@@H](Cc1c[nH]c2ccccc12)C(=O)N[C@@H](CCC(=O)C=[N+]=[N-])C(=O)O. The molecule has 0 saturated carbocycles. The van der Waals surface area contributed by atoms with Crippen LogP contribution >= 0.6 is 11.8 Å². The first-order valence-corrected chi connectivity index (χ1v) is 9.91. The number of hydrogen-bond acceptors (Lipinski definition) is 4. The number of para-hydroxylation sites is 1. The van der Waals surface area contributed by atoms with Gasteiger partial charge in [-0.2, -0.15) is 4.79 Å². The Labute approximate surface area is 166 Å². The molecule has 9 heteroatoms. The molecule has 3 N–H and O–H groups in total. The highest BCUT2D eigenvalue weighted by Crippen LogP contribution is 2.23. The molecule has 0 radical (unpaired) electrons. The number of aromatic nitrogens is 1. The average Bonchev–Trinajstić information content (AvgIpc) is 3.07. The van der Waals surface area contributed by atoms with E-state index in [9.17, 15) is 19.5 Å². The number of carboxylic acid groups (broad SMARTS) is 1. The molecule has 0 spiro atoms. The number of H-pyrrole nitrogens is 1. The van der Waals surface area contributed by atoms with Gasteiger partial charge in [-0.15, -0.1) is 11.8 Å². The van der Waals surface area contributed by atoms with Crippen LogP contribution in [0.5, 0.6) is 0 Å². The number of rotatable bonds is 11. The molecule has 0 aliphatic carbocycles. The number of aliphatic carboxylic acids is 1. The summed E-state index contributed by atoms with van der Waals surface area (Å²) >= 11 is 1.44. The zero-order valence-corrected chi connectivity index (χ0v) is 16.2. The predicted molar refractivity (Wildman–Crippen MR) is 107 cm³/mol. The molecule has 0 bridgehead atoms. The van der Waals surface area contributed by atoms with E-state index in [2.05, 4.69) is 15.1 Å². The highest BCUT2D eigenvalue weighted by atomic mass is 32.2. The maximum atomic E-state index is 12.7. The lowest BCUT2D eigenvalue weighted by Gasteiger charge is -2.19. The van der Waals surface area contributed by atoms with Crippen molar-refractivity contribution in [3.63, 3.8) is 0 Å². The maximum Gasteiger partial charge on any atom is 0.326 e. The molecular weight excluding hydrogens is 380 g/mol. The molecule has 0 unspecified atom stereocenters. The van der Waals surface area contributed by atoms with E-state index in [4.69, 9.17) is 5.53 Å². The lowest BCUT2D eigenvalue weighted by Crippen LogP contribution is -2.45. The first kappa shape index (κ1) is 21.4. The minimum absolute atomic E-state index is 0.0808. The van der Waals surface area contributed by atoms with Crippen LogP contribution in [0.15, 0.2) is 30.5 Å². The van der Waals surface area contributed by atoms with E-state index < -0.39 is 23.0 Å². The zero-order chi connectivity index (χ0) is 20.5. The van der Waals surface area contributed by atoms with E-state index in [1.807, 2.05) is 37.4 Å². The second-order valence-electron chi connectivity index (χ2n) is 6.16. The number of fused-ring (bicyclic) bond motifs is 1. The van der Waals surface area contributed by atoms with Crippen molar-refractivity contribution in [3.8, 4) is 0 Å². The molecule has 0 aliphatic heterocycles. The number of ketones is 1. The van der Waals surface area contributed by atoms with E-state index >= 15 is 0 Å². The van der Waals surface area contributed by atoms with Crippen LogP contribution in [0.25, 0.3) is 16.4 Å². The van der Waals surface area contributed by atoms with E-state index in [0.29, 0.717) is 18.4 Å². The Balaban J connectivity index is 2.08. The molecule has 1 aromatic carbocycles. The number of thioether (sulfide) groups is 1. The third-order valence-electron chi connectivity index (χ3n) is 4.24. The second kappa shape index (κ2) is 10.4. The van der Waals surface area contributed by atoms with Crippen LogP contribution in [0.1, 0.15) is 25.3 Å². The predicted octanol–water partition coefficient (Wildman–Crippen LogP) is 2.05. The summed E-state index contributed by atoms with van der Waals surface area (Å²) in [4.78, 5) is 41.4. The summed E-state index contributed by atoms with van der Waals surface area (Å²) in [6.07, 6.45) is 2.81. The van der Waals surface area contributed by atoms with Gasteiger partial charge >= 0.3 is 12.2 Å². The van der Waals surface area contributed by atoms with Crippen molar-refractivity contribution in [2.24, 2.45) is 0 Å². The summed E-state index contributed by atoms with van der Waals surface area (Å²) in [5.74, 6) is -1.41. The second-order valence-corrected chi connectivity index (χ2v) is 7.64. The monoisotopic (exact) mass is 402 g/mol. The summed E-state index contributed by atoms with van der Waals surface area (Å²) in [5.41, 5.74) is 10.3. The Bertz CT molecular complexity index is 904. The molecule has 1 heterocycles. The average molecular weight is 402 g/mol. The molecule has 148 valence electrons. The van der Waals surface area contributed by atoms with Gasteiger partial charge in [-0.1, -0.05) is 25.1 Å². The lowest BCUT2D eigenvalue weighted by molar-refractivity contribution is -0.142. The van der Waals surface area contributed by atoms with Crippen LogP contribution in [0.2, 0.25) is 0 Å². The van der Waals surface area contributed by atoms with Crippen LogP contribution in [-0.2, 0) is 20.8 Å². The summed E-state index contributed by atoms with van der Waals surface area (Å²) in [6, 6.07) is 6.59. The quantitative estimate of drug-likeness (QED) is 0.300. The Kier molecular flexibility index (Phi) is 7.98. The summed E-state index contributed by atoms with van der Waals surface area (Å²) in [6.45, 7) is 1.93. The molecule has 2 atom stereocenters. The fourth-order valence-electron chi connectivity index (χ4n) is 2.87. The van der Waals surface area contributed by atoms with E-state index in [1.54, 1.807) is 0 Å². The van der Waals surface area contributed by atoms with Gasteiger partial charge in [-0.3, -0.25) is 9.59 Å². The van der Waals surface area contributed by atoms with Gasteiger partial charge in [-0.25, -0.2) is 4.79 Å². The van der Waals surface area contributed by atoms with Gasteiger partial charge in [0.1, 0.15) is 6.04 Å². The standard InChI is InChI=1S/C19H22N4O4S/c1-2-28-17(9-12-10-21-15-6-4-3-5-14(12)15)18(25)23-16(19(26)27)8-7-13(24)11-22-20/h3-6,10-11,16-17,21H,2,7-9H2,1H3,(H,23,25)(H,26,27)/t16-,17-/m0/s1. The van der Waals surface area contributed by atoms with Gasteiger partial charge in [0.25, 0.3) is 0 Å². The van der Waals surface area contributed by atoms with Crippen LogP contribution in [0.4, 0.5) is 0 Å². The number of carbonyl (C=O) groups excluding carboxylic acids is 2. The number of aromatic amines is 1. The van der Waals surface area contributed by atoms with Gasteiger partial charge in [0.15, 0.2) is 0 Å². The molecule has 1 amide bonds. The largest absolute Gasteiger partial charge is 0.480 e. The molecule has 8 nitrogen and oxygen atoms in total. The smallest absolute Gasteiger partial charge is 0.326 e. The topological polar surface area (TPSA) is 136 Å². The third kappa shape index (κ3) is 5.80. The van der Waals surface area contributed by atoms with Crippen molar-refractivity contribution in [1.82, 2.24) is 10.3 Å². The zero-order valence-electron chi connectivity index (χ0n) is 15.4. The first-order chi connectivity index (χ1) is 13.5. The lowest BCUT2D eigenvalue weighted by atomic mass is 10.1. The van der Waals surface area contributed by atoms with Crippen LogP contribution in [0.3, 0.4) is 0 Å². The van der Waals surface area contributed by atoms with Gasteiger partial charge in [0.05, 0.1) is 5.25 Å². The molecule has 2 rings (SSSR count). The number of hydrogen-bond donors (Lipinski definition) is 3. The molecule has 28 heavy (non-hydrogen) atoms. The highest BCUT2D eigenvalue weighted by molar-refractivity contribution is 8.00. The number of carboxylic acids is 1. The van der Waals surface area contributed by atoms with Crippen molar-refractivity contribution < 1.29 is 24.3 Å². The van der Waals surface area contributed by atoms with Crippen molar-refractivity contribution in [3.05, 3.63) is 41.6 Å². The minimum Gasteiger partial charge on any atom is -0.480 e. The number of Topliss-reactive ketones (excluding diaryl/α,β-unsaturated/α-hetero) is 1. The van der Waals surface area contributed by atoms with Gasteiger partial charge < -0.3 is 20.9 Å². The van der Waals surface area contributed by atoms with E-state index in [0.717, 1.165) is 16.5 Å². The third-order valence-corrected chi connectivity index (χ3v) is 5.35. The van der Waals surface area contributed by atoms with Crippen molar-refractivity contribution in [2.45, 2.75) is 37.5 Å². The summed E-state index contributed by atoms with van der Waals surface area (Å²) in [7, 11) is 0. The maximum absolute atomic E-state index is 12.7. The normalized spacial score (nSPS) is 12.8. The number of carbonyl (C=O) groups is 3. The minimum atomic E-state index is -1.21. The molecule has 0 aliphatic rings. The molecule has 0 fully saturated rings. The molecular formula is C19H22N4O4S. The van der Waals surface area contributed by atoms with E-state index in [-0.39, 0.29) is 18.7 Å². The summed E-state index contributed by atoms with van der Waals surface area (Å²) < 4.78 is 0.